The van der Waals surface area contributed by atoms with Crippen LogP contribution in [0.4, 0.5) is 4.79 Å². The van der Waals surface area contributed by atoms with Crippen LogP contribution in [-0.4, -0.2) is 42.3 Å². The molecule has 0 aromatic heterocycles. The number of hydrogen-bond acceptors (Lipinski definition) is 4. The van der Waals surface area contributed by atoms with Crippen LogP contribution in [0.1, 0.15) is 50.7 Å². The van der Waals surface area contributed by atoms with E-state index in [0.29, 0.717) is 6.42 Å². The van der Waals surface area contributed by atoms with Gasteiger partial charge in [0.05, 0.1) is 5.41 Å². The van der Waals surface area contributed by atoms with Gasteiger partial charge in [0.1, 0.15) is 6.61 Å². The lowest BCUT2D eigenvalue weighted by Crippen LogP contribution is -2.43. The van der Waals surface area contributed by atoms with Gasteiger partial charge in [0, 0.05) is 24.9 Å². The number of amides is 2. The fourth-order valence-electron chi connectivity index (χ4n) is 3.80. The van der Waals surface area contributed by atoms with Crippen molar-refractivity contribution in [1.82, 2.24) is 10.6 Å². The number of ether oxygens (including phenoxy) is 1. The first kappa shape index (κ1) is 23.3. The molecule has 0 saturated heterocycles. The molecule has 170 valence electrons. The minimum atomic E-state index is -1.06. The highest BCUT2D eigenvalue weighted by Crippen LogP contribution is 2.44. The fraction of sp³-hybridized carbons (Fsp3) is 0.400. The largest absolute Gasteiger partial charge is 0.481 e. The smallest absolute Gasteiger partial charge is 0.407 e. The third-order valence-corrected chi connectivity index (χ3v) is 5.90. The van der Waals surface area contributed by atoms with Crippen LogP contribution < -0.4 is 10.6 Å². The Morgan fingerprint density at radius 1 is 1.03 bits per heavy atom. The summed E-state index contributed by atoms with van der Waals surface area (Å²) in [7, 11) is 0. The Hall–Kier alpha value is -3.35. The summed E-state index contributed by atoms with van der Waals surface area (Å²) in [5, 5.41) is 14.5. The number of carbonyl (C=O) groups excluding carboxylic acids is 2. The standard InChI is InChI=1S/C25H30N2O5/c1-4-16(13-22(28)26-15-25(2,3)23(29)30)27-24(31)32-14-21-19-11-7-5-9-17(19)18-10-6-8-12-20(18)21/h5-12,16,21H,4,13-15H2,1-3H3,(H,26,28)(H,27,31)(H,29,30)/t16-/m1/s1. The molecule has 0 bridgehead atoms. The Morgan fingerprint density at radius 2 is 1.59 bits per heavy atom. The summed E-state index contributed by atoms with van der Waals surface area (Å²) in [5.41, 5.74) is 3.52. The Labute approximate surface area is 188 Å². The second-order valence-electron chi connectivity index (χ2n) is 8.74. The number of alkyl carbamates (subject to hydrolysis) is 1. The predicted molar refractivity (Wildman–Crippen MR) is 121 cm³/mol. The van der Waals surface area contributed by atoms with Crippen LogP contribution in [0.15, 0.2) is 48.5 Å². The summed E-state index contributed by atoms with van der Waals surface area (Å²) >= 11 is 0. The highest BCUT2D eigenvalue weighted by molar-refractivity contribution is 5.80. The minimum absolute atomic E-state index is 0.0164. The third-order valence-electron chi connectivity index (χ3n) is 5.90. The summed E-state index contributed by atoms with van der Waals surface area (Å²) in [6.45, 7) is 5.17. The van der Waals surface area contributed by atoms with E-state index >= 15 is 0 Å². The number of carboxylic acids is 1. The molecule has 2 amide bonds. The monoisotopic (exact) mass is 438 g/mol. The lowest BCUT2D eigenvalue weighted by molar-refractivity contribution is -0.146. The lowest BCUT2D eigenvalue weighted by Gasteiger charge is -2.21. The van der Waals surface area contributed by atoms with Gasteiger partial charge in [-0.25, -0.2) is 4.79 Å². The van der Waals surface area contributed by atoms with Crippen molar-refractivity contribution in [2.24, 2.45) is 5.41 Å². The van der Waals surface area contributed by atoms with Gasteiger partial charge in [-0.15, -0.1) is 0 Å². The summed E-state index contributed by atoms with van der Waals surface area (Å²) in [4.78, 5) is 35.8. The first-order valence-electron chi connectivity index (χ1n) is 10.8. The van der Waals surface area contributed by atoms with Crippen molar-refractivity contribution in [3.63, 3.8) is 0 Å². The molecular formula is C25H30N2O5. The number of nitrogens with one attached hydrogen (secondary N) is 2. The van der Waals surface area contributed by atoms with Crippen molar-refractivity contribution in [2.75, 3.05) is 13.2 Å². The molecule has 0 radical (unpaired) electrons. The van der Waals surface area contributed by atoms with E-state index in [4.69, 9.17) is 9.84 Å². The van der Waals surface area contributed by atoms with Crippen molar-refractivity contribution in [3.8, 4) is 11.1 Å². The van der Waals surface area contributed by atoms with E-state index in [2.05, 4.69) is 34.9 Å². The van der Waals surface area contributed by atoms with E-state index in [1.165, 1.54) is 0 Å². The molecule has 0 spiro atoms. The first-order valence-corrected chi connectivity index (χ1v) is 10.8. The highest BCUT2D eigenvalue weighted by atomic mass is 16.5. The fourth-order valence-corrected chi connectivity index (χ4v) is 3.80. The summed E-state index contributed by atoms with van der Waals surface area (Å²) in [5.74, 6) is -1.33. The van der Waals surface area contributed by atoms with Crippen molar-refractivity contribution >= 4 is 18.0 Å². The highest BCUT2D eigenvalue weighted by Gasteiger charge is 2.30. The molecule has 32 heavy (non-hydrogen) atoms. The Morgan fingerprint density at radius 3 is 2.12 bits per heavy atom. The number of rotatable bonds is 9. The van der Waals surface area contributed by atoms with Gasteiger partial charge >= 0.3 is 12.1 Å². The van der Waals surface area contributed by atoms with E-state index in [0.717, 1.165) is 22.3 Å². The second-order valence-corrected chi connectivity index (χ2v) is 8.74. The zero-order chi connectivity index (χ0) is 23.3. The van der Waals surface area contributed by atoms with E-state index in [1.807, 2.05) is 31.2 Å². The molecule has 1 atom stereocenters. The van der Waals surface area contributed by atoms with Crippen LogP contribution in [-0.2, 0) is 14.3 Å². The topological polar surface area (TPSA) is 105 Å². The third kappa shape index (κ3) is 5.28. The molecule has 1 aliphatic rings. The van der Waals surface area contributed by atoms with Crippen molar-refractivity contribution in [2.45, 2.75) is 45.6 Å². The van der Waals surface area contributed by atoms with Gasteiger partial charge in [-0.2, -0.15) is 0 Å². The normalized spacial score (nSPS) is 13.6. The molecule has 0 unspecified atom stereocenters. The van der Waals surface area contributed by atoms with E-state index in [-0.39, 0.29) is 31.4 Å². The van der Waals surface area contributed by atoms with Crippen LogP contribution in [0.5, 0.6) is 0 Å². The second kappa shape index (κ2) is 9.85. The van der Waals surface area contributed by atoms with Gasteiger partial charge in [-0.3, -0.25) is 9.59 Å². The van der Waals surface area contributed by atoms with Crippen LogP contribution >= 0.6 is 0 Å². The maximum absolute atomic E-state index is 12.4. The zero-order valence-electron chi connectivity index (χ0n) is 18.7. The molecule has 2 aromatic rings. The molecule has 1 aliphatic carbocycles. The minimum Gasteiger partial charge on any atom is -0.481 e. The molecule has 0 saturated carbocycles. The van der Waals surface area contributed by atoms with E-state index in [1.54, 1.807) is 13.8 Å². The maximum Gasteiger partial charge on any atom is 0.407 e. The molecule has 7 nitrogen and oxygen atoms in total. The van der Waals surface area contributed by atoms with Crippen molar-refractivity contribution in [3.05, 3.63) is 59.7 Å². The predicted octanol–water partition coefficient (Wildman–Crippen LogP) is 3.92. The summed E-state index contributed by atoms with van der Waals surface area (Å²) < 4.78 is 5.54. The zero-order valence-corrected chi connectivity index (χ0v) is 18.7. The number of carbonyl (C=O) groups is 3. The Bertz CT molecular complexity index is 956. The number of benzene rings is 2. The first-order chi connectivity index (χ1) is 15.2. The van der Waals surface area contributed by atoms with Gasteiger partial charge in [-0.1, -0.05) is 55.5 Å². The molecule has 3 N–H and O–H groups in total. The quantitative estimate of drug-likeness (QED) is 0.550. The molecule has 2 aromatic carbocycles. The molecule has 3 rings (SSSR count). The summed E-state index contributed by atoms with van der Waals surface area (Å²) in [6.07, 6.45) is 0.0217. The van der Waals surface area contributed by atoms with Gasteiger partial charge < -0.3 is 20.5 Å². The Balaban J connectivity index is 1.54. The van der Waals surface area contributed by atoms with Gasteiger partial charge in [0.15, 0.2) is 0 Å². The molecule has 7 heteroatoms. The van der Waals surface area contributed by atoms with Crippen molar-refractivity contribution in [1.29, 1.82) is 0 Å². The van der Waals surface area contributed by atoms with E-state index in [9.17, 15) is 14.4 Å². The number of fused-ring (bicyclic) bond motifs is 3. The number of aliphatic carboxylic acids is 1. The average molecular weight is 439 g/mol. The van der Waals surface area contributed by atoms with Crippen molar-refractivity contribution < 1.29 is 24.2 Å². The van der Waals surface area contributed by atoms with Gasteiger partial charge in [0.25, 0.3) is 0 Å². The molecule has 0 heterocycles. The van der Waals surface area contributed by atoms with Crippen LogP contribution in [0.25, 0.3) is 11.1 Å². The lowest BCUT2D eigenvalue weighted by atomic mass is 9.94. The Kier molecular flexibility index (Phi) is 7.18. The molecule has 0 fully saturated rings. The van der Waals surface area contributed by atoms with Gasteiger partial charge in [0.2, 0.25) is 5.91 Å². The van der Waals surface area contributed by atoms with Crippen LogP contribution in [0, 0.1) is 5.41 Å². The van der Waals surface area contributed by atoms with Gasteiger partial charge in [-0.05, 0) is 42.5 Å². The van der Waals surface area contributed by atoms with E-state index < -0.39 is 23.5 Å². The maximum atomic E-state index is 12.4. The number of hydrogen-bond donors (Lipinski definition) is 3. The van der Waals surface area contributed by atoms with Crippen LogP contribution in [0.2, 0.25) is 0 Å². The SMILES string of the molecule is CC[C@H](CC(=O)NCC(C)(C)C(=O)O)NC(=O)OCC1c2ccccc2-c2ccccc21. The molecule has 0 aliphatic heterocycles. The molecular weight excluding hydrogens is 408 g/mol. The summed E-state index contributed by atoms with van der Waals surface area (Å²) in [6, 6.07) is 15.8. The average Bonchev–Trinajstić information content (AvgIpc) is 3.09. The van der Waals surface area contributed by atoms with Crippen LogP contribution in [0.3, 0.4) is 0 Å². The number of carboxylic acid groups (broad SMARTS) is 1.